The quantitative estimate of drug-likeness (QED) is 0.713. The molecule has 2 aliphatic carbocycles. The van der Waals surface area contributed by atoms with Gasteiger partial charge in [-0.1, -0.05) is 0 Å². The van der Waals surface area contributed by atoms with Gasteiger partial charge in [-0.3, -0.25) is 4.79 Å². The topological polar surface area (TPSA) is 89.9 Å². The van der Waals surface area contributed by atoms with E-state index in [0.29, 0.717) is 6.54 Å². The molecule has 2 amide bonds. The van der Waals surface area contributed by atoms with Gasteiger partial charge in [-0.25, -0.2) is 4.79 Å². The lowest BCUT2D eigenvalue weighted by molar-refractivity contribution is -0.144. The number of aliphatic hydroxyl groups is 1. The average molecular weight is 298 g/mol. The van der Waals surface area contributed by atoms with Gasteiger partial charge in [0.2, 0.25) is 0 Å². The third-order valence-corrected chi connectivity index (χ3v) is 4.74. The van der Waals surface area contributed by atoms with E-state index >= 15 is 0 Å². The highest BCUT2D eigenvalue weighted by Gasteiger charge is 2.51. The highest BCUT2D eigenvalue weighted by atomic mass is 16.4. The lowest BCUT2D eigenvalue weighted by Gasteiger charge is -2.33. The van der Waals surface area contributed by atoms with Gasteiger partial charge in [0, 0.05) is 12.6 Å². The number of nitrogens with one attached hydrogen (secondary N) is 1. The molecule has 0 spiro atoms. The summed E-state index contributed by atoms with van der Waals surface area (Å²) in [6.45, 7) is 5.87. The molecule has 2 fully saturated rings. The summed E-state index contributed by atoms with van der Waals surface area (Å²) in [6, 6.07) is -0.548. The van der Waals surface area contributed by atoms with Crippen molar-refractivity contribution in [3.05, 3.63) is 0 Å². The van der Waals surface area contributed by atoms with E-state index in [1.807, 2.05) is 6.92 Å². The molecule has 2 bridgehead atoms. The molecule has 4 unspecified atom stereocenters. The molecular weight excluding hydrogens is 272 g/mol. The van der Waals surface area contributed by atoms with Crippen molar-refractivity contribution in [2.75, 3.05) is 13.1 Å². The molecule has 0 heterocycles. The Labute approximate surface area is 125 Å². The van der Waals surface area contributed by atoms with Crippen LogP contribution >= 0.6 is 0 Å². The molecule has 21 heavy (non-hydrogen) atoms. The predicted octanol–water partition coefficient (Wildman–Crippen LogP) is 1.29. The molecule has 3 N–H and O–H groups in total. The maximum absolute atomic E-state index is 12.4. The molecular formula is C15H26N2O4. The van der Waals surface area contributed by atoms with Crippen LogP contribution in [0.4, 0.5) is 4.79 Å². The Hall–Kier alpha value is -1.30. The lowest BCUT2D eigenvalue weighted by atomic mass is 9.84. The van der Waals surface area contributed by atoms with Crippen LogP contribution in [0.2, 0.25) is 0 Å². The van der Waals surface area contributed by atoms with Crippen molar-refractivity contribution >= 4 is 12.0 Å². The Morgan fingerprint density at radius 3 is 2.43 bits per heavy atom. The lowest BCUT2D eigenvalue weighted by Crippen LogP contribution is -2.53. The number of carbonyl (C=O) groups is 2. The summed E-state index contributed by atoms with van der Waals surface area (Å²) in [5.74, 6) is -0.797. The summed E-state index contributed by atoms with van der Waals surface area (Å²) < 4.78 is 0. The first kappa shape index (κ1) is 16.1. The van der Waals surface area contributed by atoms with Crippen molar-refractivity contribution in [1.82, 2.24) is 10.2 Å². The van der Waals surface area contributed by atoms with Crippen LogP contribution < -0.4 is 5.32 Å². The standard InChI is InChI=1S/C15H26N2O4/c1-4-17(8-15(2,3)21)14(20)16-12-10-6-5-9(7-10)11(12)13(18)19/h9-12,21H,4-8H2,1-3H3,(H,16,20)(H,18,19). The molecule has 2 rings (SSSR count). The summed E-state index contributed by atoms with van der Waals surface area (Å²) in [5.41, 5.74) is -0.964. The minimum absolute atomic E-state index is 0.196. The van der Waals surface area contributed by atoms with Crippen LogP contribution in [-0.2, 0) is 4.79 Å². The smallest absolute Gasteiger partial charge is 0.317 e. The van der Waals surface area contributed by atoms with Gasteiger partial charge in [0.05, 0.1) is 18.1 Å². The van der Waals surface area contributed by atoms with Gasteiger partial charge in [-0.2, -0.15) is 0 Å². The molecule has 120 valence electrons. The van der Waals surface area contributed by atoms with Crippen LogP contribution in [0.15, 0.2) is 0 Å². The van der Waals surface area contributed by atoms with Crippen molar-refractivity contribution in [1.29, 1.82) is 0 Å². The summed E-state index contributed by atoms with van der Waals surface area (Å²) in [7, 11) is 0. The summed E-state index contributed by atoms with van der Waals surface area (Å²) in [5, 5.41) is 22.2. The Bertz CT molecular complexity index is 418. The van der Waals surface area contributed by atoms with Crippen molar-refractivity contribution in [3.8, 4) is 0 Å². The molecule has 2 aliphatic rings. The molecule has 0 aliphatic heterocycles. The Kier molecular flexibility index (Phi) is 4.46. The first-order valence-electron chi connectivity index (χ1n) is 7.73. The number of urea groups is 1. The molecule has 0 aromatic carbocycles. The van der Waals surface area contributed by atoms with E-state index in [4.69, 9.17) is 0 Å². The molecule has 0 saturated heterocycles. The van der Waals surface area contributed by atoms with E-state index in [2.05, 4.69) is 5.32 Å². The van der Waals surface area contributed by atoms with Gasteiger partial charge in [0.15, 0.2) is 0 Å². The number of carbonyl (C=O) groups excluding carboxylic acids is 1. The molecule has 6 nitrogen and oxygen atoms in total. The highest BCUT2D eigenvalue weighted by molar-refractivity contribution is 5.77. The van der Waals surface area contributed by atoms with Gasteiger partial charge in [-0.05, 0) is 51.9 Å². The van der Waals surface area contributed by atoms with Gasteiger partial charge < -0.3 is 20.4 Å². The van der Waals surface area contributed by atoms with Crippen LogP contribution in [-0.4, -0.2) is 51.8 Å². The number of likely N-dealkylation sites (N-methyl/N-ethyl adjacent to an activating group) is 1. The van der Waals surface area contributed by atoms with Crippen molar-refractivity contribution < 1.29 is 19.8 Å². The Morgan fingerprint density at radius 2 is 1.90 bits per heavy atom. The zero-order valence-electron chi connectivity index (χ0n) is 13.0. The summed E-state index contributed by atoms with van der Waals surface area (Å²) >= 11 is 0. The third-order valence-electron chi connectivity index (χ3n) is 4.74. The van der Waals surface area contributed by atoms with E-state index in [1.54, 1.807) is 13.8 Å². The predicted molar refractivity (Wildman–Crippen MR) is 77.8 cm³/mol. The van der Waals surface area contributed by atoms with E-state index in [-0.39, 0.29) is 30.5 Å². The van der Waals surface area contributed by atoms with E-state index in [0.717, 1.165) is 19.3 Å². The van der Waals surface area contributed by atoms with Gasteiger partial charge in [0.1, 0.15) is 0 Å². The first-order valence-corrected chi connectivity index (χ1v) is 7.73. The number of nitrogens with zero attached hydrogens (tertiary/aromatic N) is 1. The van der Waals surface area contributed by atoms with Crippen LogP contribution in [0.5, 0.6) is 0 Å². The average Bonchev–Trinajstić information content (AvgIpc) is 2.95. The molecule has 0 aromatic heterocycles. The first-order chi connectivity index (χ1) is 9.73. The van der Waals surface area contributed by atoms with Gasteiger partial charge >= 0.3 is 12.0 Å². The number of amides is 2. The fraction of sp³-hybridized carbons (Fsp3) is 0.867. The maximum Gasteiger partial charge on any atom is 0.317 e. The zero-order valence-corrected chi connectivity index (χ0v) is 13.0. The fourth-order valence-corrected chi connectivity index (χ4v) is 3.88. The fourth-order valence-electron chi connectivity index (χ4n) is 3.88. The molecule has 6 heteroatoms. The van der Waals surface area contributed by atoms with E-state index in [1.165, 1.54) is 4.90 Å². The van der Waals surface area contributed by atoms with E-state index in [9.17, 15) is 19.8 Å². The monoisotopic (exact) mass is 298 g/mol. The second-order valence-electron chi connectivity index (χ2n) is 7.00. The normalized spacial score (nSPS) is 31.2. The largest absolute Gasteiger partial charge is 0.481 e. The van der Waals surface area contributed by atoms with Crippen molar-refractivity contribution in [2.24, 2.45) is 17.8 Å². The minimum Gasteiger partial charge on any atom is -0.481 e. The number of carboxylic acids is 1. The molecule has 4 atom stereocenters. The number of hydrogen-bond acceptors (Lipinski definition) is 3. The molecule has 2 saturated carbocycles. The third kappa shape index (κ3) is 3.48. The van der Waals surface area contributed by atoms with Crippen molar-refractivity contribution in [3.63, 3.8) is 0 Å². The second-order valence-corrected chi connectivity index (χ2v) is 7.00. The van der Waals surface area contributed by atoms with Gasteiger partial charge in [-0.15, -0.1) is 0 Å². The molecule has 0 radical (unpaired) electrons. The van der Waals surface area contributed by atoms with Crippen molar-refractivity contribution in [2.45, 2.75) is 51.7 Å². The van der Waals surface area contributed by atoms with Gasteiger partial charge in [0.25, 0.3) is 0 Å². The number of aliphatic carboxylic acids is 1. The van der Waals surface area contributed by atoms with Crippen LogP contribution in [0, 0.1) is 17.8 Å². The summed E-state index contributed by atoms with van der Waals surface area (Å²) in [4.78, 5) is 25.3. The maximum atomic E-state index is 12.4. The zero-order chi connectivity index (χ0) is 15.8. The molecule has 0 aromatic rings. The second kappa shape index (κ2) is 5.83. The van der Waals surface area contributed by atoms with Crippen LogP contribution in [0.25, 0.3) is 0 Å². The highest BCUT2D eigenvalue weighted by Crippen LogP contribution is 2.48. The summed E-state index contributed by atoms with van der Waals surface area (Å²) in [6.07, 6.45) is 2.85. The Balaban J connectivity index is 2.02. The minimum atomic E-state index is -0.964. The number of fused-ring (bicyclic) bond motifs is 2. The number of rotatable bonds is 5. The SMILES string of the molecule is CCN(CC(C)(C)O)C(=O)NC1C2CCC(C2)C1C(=O)O. The van der Waals surface area contributed by atoms with E-state index < -0.39 is 17.5 Å². The Morgan fingerprint density at radius 1 is 1.29 bits per heavy atom. The van der Waals surface area contributed by atoms with Crippen LogP contribution in [0.1, 0.15) is 40.0 Å². The number of carboxylic acid groups (broad SMARTS) is 1. The number of hydrogen-bond donors (Lipinski definition) is 3. The van der Waals surface area contributed by atoms with Crippen LogP contribution in [0.3, 0.4) is 0 Å².